The maximum absolute atomic E-state index is 6.17. The Morgan fingerprint density at radius 3 is 2.96 bits per heavy atom. The second-order valence-corrected chi connectivity index (χ2v) is 6.97. The molecule has 1 aliphatic rings. The van der Waals surface area contributed by atoms with Crippen LogP contribution in [0.5, 0.6) is 5.75 Å². The van der Waals surface area contributed by atoms with Crippen molar-refractivity contribution in [1.82, 2.24) is 14.5 Å². The first kappa shape index (κ1) is 16.6. The highest BCUT2D eigenvalue weighted by atomic mass is 35.5. The lowest BCUT2D eigenvalue weighted by Gasteiger charge is -2.25. The summed E-state index contributed by atoms with van der Waals surface area (Å²) in [6.45, 7) is 3.13. The van der Waals surface area contributed by atoms with E-state index in [1.165, 1.54) is 11.5 Å². The SMILES string of the molecule is COc1ccccc1CN(Cc1nnsc1Cl)C[C@H]1CCCO1. The lowest BCUT2D eigenvalue weighted by atomic mass is 10.1. The van der Waals surface area contributed by atoms with E-state index in [1.807, 2.05) is 18.2 Å². The quantitative estimate of drug-likeness (QED) is 0.763. The van der Waals surface area contributed by atoms with Crippen molar-refractivity contribution < 1.29 is 9.47 Å². The monoisotopic (exact) mass is 353 g/mol. The van der Waals surface area contributed by atoms with Gasteiger partial charge in [-0.3, -0.25) is 4.90 Å². The lowest BCUT2D eigenvalue weighted by Crippen LogP contribution is -2.31. The van der Waals surface area contributed by atoms with Gasteiger partial charge < -0.3 is 9.47 Å². The Hall–Kier alpha value is -1.21. The Kier molecular flexibility index (Phi) is 5.83. The highest BCUT2D eigenvalue weighted by Gasteiger charge is 2.22. The average Bonchev–Trinajstić information content (AvgIpc) is 3.20. The molecule has 0 aliphatic carbocycles. The fourth-order valence-electron chi connectivity index (χ4n) is 2.84. The molecule has 1 aromatic carbocycles. The number of nitrogens with zero attached hydrogens (tertiary/aromatic N) is 3. The Bertz CT molecular complexity index is 631. The molecule has 2 aromatic rings. The predicted octanol–water partition coefficient (Wildman–Crippen LogP) is 3.38. The summed E-state index contributed by atoms with van der Waals surface area (Å²) in [7, 11) is 1.70. The predicted molar refractivity (Wildman–Crippen MR) is 91.0 cm³/mol. The summed E-state index contributed by atoms with van der Waals surface area (Å²) in [5.41, 5.74) is 1.97. The molecule has 0 amide bonds. The standard InChI is InChI=1S/C16H20ClN3O2S/c1-21-15-7-3-2-5-12(15)9-20(10-13-6-4-8-22-13)11-14-16(17)23-19-18-14/h2-3,5,7,13H,4,6,8-11H2,1H3/t13-/m1/s1. The zero-order chi connectivity index (χ0) is 16.1. The summed E-state index contributed by atoms with van der Waals surface area (Å²) >= 11 is 7.40. The van der Waals surface area contributed by atoms with Gasteiger partial charge in [0.25, 0.3) is 0 Å². The molecule has 7 heteroatoms. The van der Waals surface area contributed by atoms with E-state index in [0.717, 1.165) is 49.5 Å². The van der Waals surface area contributed by atoms with E-state index in [4.69, 9.17) is 21.1 Å². The van der Waals surface area contributed by atoms with Gasteiger partial charge in [-0.15, -0.1) is 5.10 Å². The van der Waals surface area contributed by atoms with Gasteiger partial charge in [0.05, 0.1) is 13.2 Å². The molecule has 124 valence electrons. The average molecular weight is 354 g/mol. The zero-order valence-electron chi connectivity index (χ0n) is 13.1. The van der Waals surface area contributed by atoms with Gasteiger partial charge in [0.15, 0.2) is 0 Å². The molecule has 1 aliphatic heterocycles. The Morgan fingerprint density at radius 1 is 1.39 bits per heavy atom. The molecular formula is C16H20ClN3O2S. The molecule has 5 nitrogen and oxygen atoms in total. The molecule has 0 bridgehead atoms. The minimum absolute atomic E-state index is 0.273. The van der Waals surface area contributed by atoms with Gasteiger partial charge in [0.1, 0.15) is 15.8 Å². The van der Waals surface area contributed by atoms with Crippen LogP contribution in [0.4, 0.5) is 0 Å². The molecule has 1 atom stereocenters. The second-order valence-electron chi connectivity index (χ2n) is 5.61. The molecule has 0 unspecified atom stereocenters. The highest BCUT2D eigenvalue weighted by molar-refractivity contribution is 7.10. The van der Waals surface area contributed by atoms with Gasteiger partial charge >= 0.3 is 0 Å². The van der Waals surface area contributed by atoms with Gasteiger partial charge in [-0.25, -0.2) is 0 Å². The minimum Gasteiger partial charge on any atom is -0.496 e. The van der Waals surface area contributed by atoms with E-state index in [9.17, 15) is 0 Å². The van der Waals surface area contributed by atoms with Gasteiger partial charge in [0, 0.05) is 43.3 Å². The Labute approximate surface area is 145 Å². The first-order chi connectivity index (χ1) is 11.3. The van der Waals surface area contributed by atoms with Crippen LogP contribution in [-0.2, 0) is 17.8 Å². The van der Waals surface area contributed by atoms with Crippen LogP contribution < -0.4 is 4.74 Å². The molecule has 3 rings (SSSR count). The van der Waals surface area contributed by atoms with Crippen LogP contribution in [0.3, 0.4) is 0 Å². The number of halogens is 1. The van der Waals surface area contributed by atoms with Crippen molar-refractivity contribution in [1.29, 1.82) is 0 Å². The number of hydrogen-bond acceptors (Lipinski definition) is 6. The summed E-state index contributed by atoms with van der Waals surface area (Å²) in [5.74, 6) is 0.896. The molecule has 0 radical (unpaired) electrons. The van der Waals surface area contributed by atoms with Crippen LogP contribution in [-0.4, -0.2) is 40.9 Å². The maximum Gasteiger partial charge on any atom is 0.138 e. The van der Waals surface area contributed by atoms with Gasteiger partial charge in [-0.2, -0.15) is 0 Å². The van der Waals surface area contributed by atoms with Crippen molar-refractivity contribution in [2.75, 3.05) is 20.3 Å². The van der Waals surface area contributed by atoms with Crippen LogP contribution in [0.2, 0.25) is 4.34 Å². The number of para-hydroxylation sites is 1. The largest absolute Gasteiger partial charge is 0.496 e. The minimum atomic E-state index is 0.273. The molecule has 2 heterocycles. The molecule has 1 fully saturated rings. The normalized spacial score (nSPS) is 17.8. The zero-order valence-corrected chi connectivity index (χ0v) is 14.6. The fraction of sp³-hybridized carbons (Fsp3) is 0.500. The van der Waals surface area contributed by atoms with Crippen molar-refractivity contribution in [2.24, 2.45) is 0 Å². The first-order valence-corrected chi connectivity index (χ1v) is 8.84. The highest BCUT2D eigenvalue weighted by Crippen LogP contribution is 2.24. The van der Waals surface area contributed by atoms with E-state index in [2.05, 4.69) is 20.6 Å². The third kappa shape index (κ3) is 4.41. The second kappa shape index (κ2) is 8.06. The molecule has 0 saturated carbocycles. The number of rotatable bonds is 7. The molecule has 1 saturated heterocycles. The van der Waals surface area contributed by atoms with Gasteiger partial charge in [0.2, 0.25) is 0 Å². The smallest absolute Gasteiger partial charge is 0.138 e. The van der Waals surface area contributed by atoms with E-state index in [-0.39, 0.29) is 6.10 Å². The van der Waals surface area contributed by atoms with Crippen molar-refractivity contribution in [3.8, 4) is 5.75 Å². The van der Waals surface area contributed by atoms with Crippen molar-refractivity contribution in [2.45, 2.75) is 32.0 Å². The first-order valence-electron chi connectivity index (χ1n) is 7.69. The van der Waals surface area contributed by atoms with Crippen molar-refractivity contribution in [3.63, 3.8) is 0 Å². The van der Waals surface area contributed by atoms with Crippen LogP contribution >= 0.6 is 23.1 Å². The summed E-state index contributed by atoms with van der Waals surface area (Å²) in [5, 5.41) is 4.14. The number of hydrogen-bond donors (Lipinski definition) is 0. The number of methoxy groups -OCH3 is 1. The van der Waals surface area contributed by atoms with Crippen molar-refractivity contribution >= 4 is 23.1 Å². The maximum atomic E-state index is 6.17. The topological polar surface area (TPSA) is 47.5 Å². The molecule has 23 heavy (non-hydrogen) atoms. The molecule has 0 spiro atoms. The van der Waals surface area contributed by atoms with Crippen molar-refractivity contribution in [3.05, 3.63) is 39.9 Å². The third-order valence-electron chi connectivity index (χ3n) is 3.96. The molecule has 0 N–H and O–H groups in total. The van der Waals surface area contributed by atoms with E-state index in [0.29, 0.717) is 10.9 Å². The van der Waals surface area contributed by atoms with Crippen LogP contribution in [0.25, 0.3) is 0 Å². The van der Waals surface area contributed by atoms with E-state index >= 15 is 0 Å². The number of ether oxygens (including phenoxy) is 2. The lowest BCUT2D eigenvalue weighted by molar-refractivity contribution is 0.0672. The third-order valence-corrected chi connectivity index (χ3v) is 4.94. The van der Waals surface area contributed by atoms with Crippen LogP contribution in [0.15, 0.2) is 24.3 Å². The summed E-state index contributed by atoms with van der Waals surface area (Å²) < 4.78 is 15.8. The van der Waals surface area contributed by atoms with Gasteiger partial charge in [-0.1, -0.05) is 34.3 Å². The Morgan fingerprint density at radius 2 is 2.26 bits per heavy atom. The van der Waals surface area contributed by atoms with Gasteiger partial charge in [-0.05, 0) is 18.9 Å². The number of aromatic nitrogens is 2. The summed E-state index contributed by atoms with van der Waals surface area (Å²) in [6.07, 6.45) is 2.51. The summed E-state index contributed by atoms with van der Waals surface area (Å²) in [4.78, 5) is 2.30. The van der Waals surface area contributed by atoms with E-state index < -0.39 is 0 Å². The summed E-state index contributed by atoms with van der Waals surface area (Å²) in [6, 6.07) is 8.08. The van der Waals surface area contributed by atoms with E-state index in [1.54, 1.807) is 7.11 Å². The Balaban J connectivity index is 1.74. The van der Waals surface area contributed by atoms with Crippen LogP contribution in [0.1, 0.15) is 24.1 Å². The fourth-order valence-corrected chi connectivity index (χ4v) is 3.45. The number of benzene rings is 1. The molecule has 1 aromatic heterocycles. The van der Waals surface area contributed by atoms with Crippen LogP contribution in [0, 0.1) is 0 Å². The molecular weight excluding hydrogens is 334 g/mol.